The topological polar surface area (TPSA) is 7.76 Å². The van der Waals surface area contributed by atoms with Crippen LogP contribution in [0, 0.1) is 0 Å². The molecule has 0 aliphatic rings. The van der Waals surface area contributed by atoms with Crippen molar-refractivity contribution in [2.75, 3.05) is 0 Å². The summed E-state index contributed by atoms with van der Waals surface area (Å²) in [6, 6.07) is 20.5. The Labute approximate surface area is 251 Å². The molecule has 2 aromatic carbocycles. The largest absolute Gasteiger partial charge is 0.208 e. The third kappa shape index (κ3) is 7.94. The van der Waals surface area contributed by atoms with Crippen molar-refractivity contribution in [1.29, 1.82) is 0 Å². The third-order valence-corrected chi connectivity index (χ3v) is 8.04. The number of hydrogen-bond donors (Lipinski definition) is 0. The predicted molar refractivity (Wildman–Crippen MR) is 177 cm³/mol. The van der Waals surface area contributed by atoms with Crippen LogP contribution in [0.25, 0.3) is 22.3 Å². The lowest BCUT2D eigenvalue weighted by Crippen LogP contribution is -2.25. The van der Waals surface area contributed by atoms with Gasteiger partial charge in [-0.1, -0.05) is 99.6 Å². The summed E-state index contributed by atoms with van der Waals surface area (Å²) >= 11 is 0. The Balaban J connectivity index is 0.000000228. The molecule has 2 nitrogen and oxygen atoms in total. The first kappa shape index (κ1) is 32.3. The van der Waals surface area contributed by atoms with E-state index in [1.54, 1.807) is 0 Å². The molecule has 0 fully saturated rings. The highest BCUT2D eigenvalue weighted by Gasteiger charge is 2.19. The van der Waals surface area contributed by atoms with Gasteiger partial charge in [-0.3, -0.25) is 0 Å². The zero-order chi connectivity index (χ0) is 30.4. The van der Waals surface area contributed by atoms with Crippen molar-refractivity contribution in [1.82, 2.24) is 0 Å². The average Bonchev–Trinajstić information content (AvgIpc) is 2.93. The van der Waals surface area contributed by atoms with Gasteiger partial charge in [-0.25, -0.2) is 9.13 Å². The van der Waals surface area contributed by atoms with Gasteiger partial charge in [0.1, 0.15) is 14.1 Å². The van der Waals surface area contributed by atoms with Crippen LogP contribution < -0.4 is 9.13 Å². The van der Waals surface area contributed by atoms with Crippen LogP contribution in [0.4, 0.5) is 0 Å². The van der Waals surface area contributed by atoms with E-state index in [0.717, 1.165) is 0 Å². The van der Waals surface area contributed by atoms with Crippen molar-refractivity contribution in [2.24, 2.45) is 14.1 Å². The molecule has 4 aromatic rings. The Kier molecular flexibility index (Phi) is 11.1. The van der Waals surface area contributed by atoms with Crippen molar-refractivity contribution in [3.63, 3.8) is 0 Å². The molecule has 2 heterocycles. The molecule has 0 aliphatic carbocycles. The molecule has 218 valence electrons. The predicted octanol–water partition coefficient (Wildman–Crippen LogP) is 9.97. The van der Waals surface area contributed by atoms with E-state index in [4.69, 9.17) is 0 Å². The van der Waals surface area contributed by atoms with Gasteiger partial charge in [-0.15, -0.1) is 0 Å². The van der Waals surface area contributed by atoms with Crippen LogP contribution >= 0.6 is 0 Å². The van der Waals surface area contributed by atoms with Gasteiger partial charge in [0.25, 0.3) is 0 Å². The SMILES string of the molecule is CC(C)c1cc(C(C)C)c(-c2cc[n+](C)cc2)c(C(C)C)c1.CC(C)c1cccc(C(C)C)c1-c1cc[n+](C)cc1. The molecule has 0 spiro atoms. The van der Waals surface area contributed by atoms with Gasteiger partial charge in [-0.05, 0) is 79.7 Å². The van der Waals surface area contributed by atoms with Crippen molar-refractivity contribution in [3.8, 4) is 22.3 Å². The lowest BCUT2D eigenvalue weighted by atomic mass is 9.82. The summed E-state index contributed by atoms with van der Waals surface area (Å²) < 4.78 is 4.17. The van der Waals surface area contributed by atoms with Gasteiger partial charge < -0.3 is 0 Å². The summed E-state index contributed by atoms with van der Waals surface area (Å²) in [6.07, 6.45) is 8.52. The highest BCUT2D eigenvalue weighted by Crippen LogP contribution is 2.38. The highest BCUT2D eigenvalue weighted by atomic mass is 14.9. The van der Waals surface area contributed by atoms with Crippen LogP contribution in [0.3, 0.4) is 0 Å². The van der Waals surface area contributed by atoms with Crippen LogP contribution in [-0.2, 0) is 14.1 Å². The molecule has 0 amide bonds. The van der Waals surface area contributed by atoms with Gasteiger partial charge in [0.05, 0.1) is 0 Å². The lowest BCUT2D eigenvalue weighted by molar-refractivity contribution is -0.671. The fourth-order valence-corrected chi connectivity index (χ4v) is 5.51. The zero-order valence-electron chi connectivity index (χ0n) is 27.8. The molecular formula is C39H54N2+2. The van der Waals surface area contributed by atoms with Crippen molar-refractivity contribution < 1.29 is 9.13 Å². The Morgan fingerprint density at radius 3 is 1.02 bits per heavy atom. The number of hydrogen-bond acceptors (Lipinski definition) is 0. The van der Waals surface area contributed by atoms with Gasteiger partial charge in [0.2, 0.25) is 0 Å². The standard InChI is InChI=1S/C21H30N.C18H24N/c1-14(2)18-12-19(15(3)4)21(20(13-18)16(5)6)17-8-10-22(7)11-9-17;1-13(2)16-7-6-8-17(14(3)4)18(16)15-9-11-19(5)12-10-15/h8-16H,1-7H3;6-14H,1-5H3/q2*+1. The molecule has 0 aliphatic heterocycles. The summed E-state index contributed by atoms with van der Waals surface area (Å²) in [5, 5.41) is 0. The first-order valence-electron chi connectivity index (χ1n) is 15.5. The second-order valence-corrected chi connectivity index (χ2v) is 13.2. The van der Waals surface area contributed by atoms with Gasteiger partial charge in [-0.2, -0.15) is 0 Å². The van der Waals surface area contributed by atoms with Crippen LogP contribution in [0.1, 0.15) is 127 Å². The normalized spacial score (nSPS) is 11.5. The highest BCUT2D eigenvalue weighted by molar-refractivity contribution is 5.73. The maximum absolute atomic E-state index is 2.42. The molecule has 41 heavy (non-hydrogen) atoms. The molecule has 0 bridgehead atoms. The van der Waals surface area contributed by atoms with Crippen molar-refractivity contribution in [3.05, 3.63) is 107 Å². The van der Waals surface area contributed by atoms with Crippen LogP contribution in [0.15, 0.2) is 79.4 Å². The van der Waals surface area contributed by atoms with E-state index < -0.39 is 0 Å². The van der Waals surface area contributed by atoms with E-state index in [9.17, 15) is 0 Å². The molecular weight excluding hydrogens is 496 g/mol. The molecule has 4 rings (SSSR count). The Hall–Kier alpha value is -3.26. The van der Waals surface area contributed by atoms with Crippen molar-refractivity contribution >= 4 is 0 Å². The number of benzene rings is 2. The Morgan fingerprint density at radius 2 is 0.732 bits per heavy atom. The summed E-state index contributed by atoms with van der Waals surface area (Å²) in [6.45, 7) is 22.9. The summed E-state index contributed by atoms with van der Waals surface area (Å²) in [7, 11) is 4.12. The maximum Gasteiger partial charge on any atom is 0.169 e. The molecule has 2 aromatic heterocycles. The monoisotopic (exact) mass is 550 g/mol. The molecule has 0 saturated carbocycles. The molecule has 0 saturated heterocycles. The number of aryl methyl sites for hydroxylation is 2. The zero-order valence-corrected chi connectivity index (χ0v) is 27.8. The molecule has 0 unspecified atom stereocenters. The third-order valence-electron chi connectivity index (χ3n) is 8.04. The van der Waals surface area contributed by atoms with Gasteiger partial charge >= 0.3 is 0 Å². The molecule has 0 N–H and O–H groups in total. The second kappa shape index (κ2) is 14.1. The average molecular weight is 551 g/mol. The van der Waals surface area contributed by atoms with E-state index in [-0.39, 0.29) is 0 Å². The fourth-order valence-electron chi connectivity index (χ4n) is 5.51. The van der Waals surface area contributed by atoms with Crippen molar-refractivity contribution in [2.45, 2.75) is 98.8 Å². The van der Waals surface area contributed by atoms with Gasteiger partial charge in [0.15, 0.2) is 24.8 Å². The minimum absolute atomic E-state index is 0.528. The summed E-state index contributed by atoms with van der Waals surface area (Å²) in [5.41, 5.74) is 12.8. The summed E-state index contributed by atoms with van der Waals surface area (Å²) in [5.74, 6) is 2.71. The van der Waals surface area contributed by atoms with E-state index in [1.807, 2.05) is 0 Å². The minimum Gasteiger partial charge on any atom is -0.208 e. The molecule has 0 atom stereocenters. The molecule has 2 heteroatoms. The van der Waals surface area contributed by atoms with E-state index in [1.165, 1.54) is 50.1 Å². The van der Waals surface area contributed by atoms with E-state index >= 15 is 0 Å². The first-order chi connectivity index (χ1) is 19.3. The quantitative estimate of drug-likeness (QED) is 0.202. The van der Waals surface area contributed by atoms with E-state index in [2.05, 4.69) is 172 Å². The molecule has 0 radical (unpaired) electrons. The first-order valence-corrected chi connectivity index (χ1v) is 15.5. The summed E-state index contributed by atoms with van der Waals surface area (Å²) in [4.78, 5) is 0. The number of pyridine rings is 2. The van der Waals surface area contributed by atoms with Crippen LogP contribution in [-0.4, -0.2) is 0 Å². The second-order valence-electron chi connectivity index (χ2n) is 13.2. The maximum atomic E-state index is 2.42. The Morgan fingerprint density at radius 1 is 0.415 bits per heavy atom. The number of rotatable bonds is 7. The lowest BCUT2D eigenvalue weighted by Gasteiger charge is -2.23. The van der Waals surface area contributed by atoms with E-state index in [0.29, 0.717) is 29.6 Å². The fraction of sp³-hybridized carbons (Fsp3) is 0.436. The van der Waals surface area contributed by atoms with Crippen LogP contribution in [0.5, 0.6) is 0 Å². The number of aromatic nitrogens is 2. The Bertz CT molecular complexity index is 1350. The number of nitrogens with zero attached hydrogens (tertiary/aromatic N) is 2. The minimum atomic E-state index is 0.528. The van der Waals surface area contributed by atoms with Crippen LogP contribution in [0.2, 0.25) is 0 Å². The smallest absolute Gasteiger partial charge is 0.169 e. The van der Waals surface area contributed by atoms with Gasteiger partial charge in [0, 0.05) is 24.3 Å².